The predicted octanol–water partition coefficient (Wildman–Crippen LogP) is 1.26. The Morgan fingerprint density at radius 1 is 1.38 bits per heavy atom. The molecule has 0 aliphatic heterocycles. The van der Waals surface area contributed by atoms with Crippen molar-refractivity contribution in [2.75, 3.05) is 17.6 Å². The number of anilines is 2. The van der Waals surface area contributed by atoms with E-state index in [4.69, 9.17) is 5.73 Å². The molecule has 0 aromatic carbocycles. The molecule has 0 spiro atoms. The fourth-order valence-corrected chi connectivity index (χ4v) is 2.86. The molecule has 0 saturated heterocycles. The van der Waals surface area contributed by atoms with Gasteiger partial charge in [0, 0.05) is 20.1 Å². The standard InChI is InChI=1S/C14H20N4O2S/c1-3-7-18-12(15)11(13(19)17(2)14(18)20)16-6-4-10-5-8-21-9-10/h5,8-9,16H,3-4,6-7,15H2,1-2H3. The van der Waals surface area contributed by atoms with E-state index in [1.807, 2.05) is 18.4 Å². The van der Waals surface area contributed by atoms with Gasteiger partial charge < -0.3 is 11.1 Å². The van der Waals surface area contributed by atoms with E-state index in [2.05, 4.69) is 10.7 Å². The predicted molar refractivity (Wildman–Crippen MR) is 87.2 cm³/mol. The lowest BCUT2D eigenvalue weighted by Gasteiger charge is -2.15. The van der Waals surface area contributed by atoms with Gasteiger partial charge in [-0.3, -0.25) is 13.9 Å². The van der Waals surface area contributed by atoms with Gasteiger partial charge in [-0.1, -0.05) is 6.92 Å². The monoisotopic (exact) mass is 308 g/mol. The van der Waals surface area contributed by atoms with Gasteiger partial charge in [-0.25, -0.2) is 4.79 Å². The van der Waals surface area contributed by atoms with Crippen molar-refractivity contribution in [1.82, 2.24) is 9.13 Å². The van der Waals surface area contributed by atoms with Gasteiger partial charge in [0.1, 0.15) is 11.5 Å². The number of hydrogen-bond acceptors (Lipinski definition) is 5. The molecule has 2 aromatic rings. The molecule has 0 aliphatic carbocycles. The van der Waals surface area contributed by atoms with Gasteiger partial charge in [0.2, 0.25) is 0 Å². The molecular weight excluding hydrogens is 288 g/mol. The highest BCUT2D eigenvalue weighted by molar-refractivity contribution is 7.07. The molecular formula is C14H20N4O2S. The van der Waals surface area contributed by atoms with Crippen LogP contribution in [-0.2, 0) is 20.0 Å². The summed E-state index contributed by atoms with van der Waals surface area (Å²) in [6.45, 7) is 3.05. The lowest BCUT2D eigenvalue weighted by molar-refractivity contribution is 0.600. The maximum absolute atomic E-state index is 12.2. The van der Waals surface area contributed by atoms with Crippen LogP contribution < -0.4 is 22.3 Å². The van der Waals surface area contributed by atoms with Crippen molar-refractivity contribution in [3.63, 3.8) is 0 Å². The summed E-state index contributed by atoms with van der Waals surface area (Å²) in [5.74, 6) is 0.218. The quantitative estimate of drug-likeness (QED) is 0.841. The summed E-state index contributed by atoms with van der Waals surface area (Å²) in [6.07, 6.45) is 1.58. The van der Waals surface area contributed by atoms with Crippen LogP contribution >= 0.6 is 11.3 Å². The molecule has 6 nitrogen and oxygen atoms in total. The number of hydrogen-bond donors (Lipinski definition) is 2. The Hall–Kier alpha value is -2.02. The molecule has 0 atom stereocenters. The van der Waals surface area contributed by atoms with Crippen molar-refractivity contribution in [2.24, 2.45) is 7.05 Å². The smallest absolute Gasteiger partial charge is 0.332 e. The molecule has 0 unspecified atom stereocenters. The van der Waals surface area contributed by atoms with Crippen LogP contribution in [0.5, 0.6) is 0 Å². The Balaban J connectivity index is 2.26. The number of nitrogens with zero attached hydrogens (tertiary/aromatic N) is 2. The maximum Gasteiger partial charge on any atom is 0.332 e. The lowest BCUT2D eigenvalue weighted by atomic mass is 10.2. The molecule has 2 heterocycles. The molecule has 7 heteroatoms. The van der Waals surface area contributed by atoms with Crippen molar-refractivity contribution in [2.45, 2.75) is 26.3 Å². The van der Waals surface area contributed by atoms with E-state index in [1.165, 1.54) is 17.2 Å². The van der Waals surface area contributed by atoms with E-state index in [0.29, 0.717) is 18.8 Å². The van der Waals surface area contributed by atoms with Crippen molar-refractivity contribution in [3.8, 4) is 0 Å². The van der Waals surface area contributed by atoms with Crippen LogP contribution in [0.25, 0.3) is 0 Å². The number of rotatable bonds is 6. The summed E-state index contributed by atoms with van der Waals surface area (Å²) < 4.78 is 2.53. The fraction of sp³-hybridized carbons (Fsp3) is 0.429. The third-order valence-corrected chi connectivity index (χ3v) is 4.06. The molecule has 0 amide bonds. The Kier molecular flexibility index (Phi) is 4.85. The first-order valence-electron chi connectivity index (χ1n) is 6.90. The summed E-state index contributed by atoms with van der Waals surface area (Å²) in [5, 5.41) is 7.16. The van der Waals surface area contributed by atoms with E-state index in [0.717, 1.165) is 17.4 Å². The second-order valence-corrected chi connectivity index (χ2v) is 5.65. The molecule has 0 aliphatic rings. The zero-order valence-electron chi connectivity index (χ0n) is 12.3. The second-order valence-electron chi connectivity index (χ2n) is 4.87. The van der Waals surface area contributed by atoms with Crippen LogP contribution in [0, 0.1) is 0 Å². The van der Waals surface area contributed by atoms with Crippen molar-refractivity contribution >= 4 is 22.8 Å². The van der Waals surface area contributed by atoms with Crippen LogP contribution in [0.3, 0.4) is 0 Å². The number of aromatic nitrogens is 2. The van der Waals surface area contributed by atoms with Crippen molar-refractivity contribution in [3.05, 3.63) is 43.2 Å². The first kappa shape index (κ1) is 15.4. The minimum Gasteiger partial charge on any atom is -0.383 e. The first-order chi connectivity index (χ1) is 10.1. The Morgan fingerprint density at radius 3 is 2.76 bits per heavy atom. The fourth-order valence-electron chi connectivity index (χ4n) is 2.16. The molecule has 2 rings (SSSR count). The summed E-state index contributed by atoms with van der Waals surface area (Å²) in [4.78, 5) is 24.2. The highest BCUT2D eigenvalue weighted by Gasteiger charge is 2.14. The Morgan fingerprint density at radius 2 is 2.14 bits per heavy atom. The van der Waals surface area contributed by atoms with Gasteiger partial charge in [-0.05, 0) is 35.2 Å². The largest absolute Gasteiger partial charge is 0.383 e. The highest BCUT2D eigenvalue weighted by atomic mass is 32.1. The van der Waals surface area contributed by atoms with E-state index < -0.39 is 0 Å². The van der Waals surface area contributed by atoms with Gasteiger partial charge in [0.05, 0.1) is 0 Å². The normalized spacial score (nSPS) is 10.8. The molecule has 0 radical (unpaired) electrons. The summed E-state index contributed by atoms with van der Waals surface area (Å²) in [6, 6.07) is 2.05. The van der Waals surface area contributed by atoms with Gasteiger partial charge >= 0.3 is 5.69 Å². The van der Waals surface area contributed by atoms with Crippen LogP contribution in [0.2, 0.25) is 0 Å². The van der Waals surface area contributed by atoms with Gasteiger partial charge in [-0.15, -0.1) is 0 Å². The van der Waals surface area contributed by atoms with Crippen LogP contribution in [0.15, 0.2) is 26.4 Å². The van der Waals surface area contributed by atoms with E-state index >= 15 is 0 Å². The van der Waals surface area contributed by atoms with Gasteiger partial charge in [-0.2, -0.15) is 11.3 Å². The van der Waals surface area contributed by atoms with Crippen LogP contribution in [0.4, 0.5) is 11.5 Å². The minimum absolute atomic E-state index is 0.218. The zero-order valence-corrected chi connectivity index (χ0v) is 13.1. The van der Waals surface area contributed by atoms with E-state index in [9.17, 15) is 9.59 Å². The molecule has 3 N–H and O–H groups in total. The molecule has 0 saturated carbocycles. The Bertz CT molecular complexity index is 716. The third-order valence-electron chi connectivity index (χ3n) is 3.33. The summed E-state index contributed by atoms with van der Waals surface area (Å²) in [7, 11) is 1.47. The zero-order chi connectivity index (χ0) is 15.4. The average Bonchev–Trinajstić information content (AvgIpc) is 2.98. The second kappa shape index (κ2) is 6.62. The topological polar surface area (TPSA) is 82.0 Å². The average molecular weight is 308 g/mol. The number of nitrogens with one attached hydrogen (secondary N) is 1. The molecule has 0 bridgehead atoms. The van der Waals surface area contributed by atoms with Gasteiger partial charge in [0.25, 0.3) is 5.56 Å². The molecule has 0 fully saturated rings. The summed E-state index contributed by atoms with van der Waals surface area (Å²) >= 11 is 1.64. The Labute approximate surface area is 126 Å². The number of nitrogen functional groups attached to an aromatic ring is 1. The maximum atomic E-state index is 12.2. The SMILES string of the molecule is CCCn1c(N)c(NCCc2ccsc2)c(=O)n(C)c1=O. The first-order valence-corrected chi connectivity index (χ1v) is 7.84. The van der Waals surface area contributed by atoms with Crippen molar-refractivity contribution < 1.29 is 0 Å². The number of nitrogens with two attached hydrogens (primary N) is 1. The highest BCUT2D eigenvalue weighted by Crippen LogP contribution is 2.12. The third kappa shape index (κ3) is 3.18. The lowest BCUT2D eigenvalue weighted by Crippen LogP contribution is -2.40. The molecule has 114 valence electrons. The minimum atomic E-state index is -0.379. The summed E-state index contributed by atoms with van der Waals surface area (Å²) in [5.41, 5.74) is 6.76. The molecule has 21 heavy (non-hydrogen) atoms. The van der Waals surface area contributed by atoms with Crippen LogP contribution in [-0.4, -0.2) is 15.7 Å². The van der Waals surface area contributed by atoms with E-state index in [-0.39, 0.29) is 17.1 Å². The molecule has 2 aromatic heterocycles. The van der Waals surface area contributed by atoms with Crippen LogP contribution in [0.1, 0.15) is 18.9 Å². The van der Waals surface area contributed by atoms with E-state index in [1.54, 1.807) is 11.3 Å². The van der Waals surface area contributed by atoms with Crippen molar-refractivity contribution in [1.29, 1.82) is 0 Å². The van der Waals surface area contributed by atoms with Gasteiger partial charge in [0.15, 0.2) is 0 Å². The number of thiophene rings is 1.